The van der Waals surface area contributed by atoms with E-state index < -0.39 is 0 Å². The Hall–Kier alpha value is -0.570. The molecule has 19 heavy (non-hydrogen) atoms. The van der Waals surface area contributed by atoms with E-state index in [9.17, 15) is 4.79 Å². The van der Waals surface area contributed by atoms with Crippen molar-refractivity contribution < 1.29 is 4.79 Å². The van der Waals surface area contributed by atoms with Gasteiger partial charge in [0.25, 0.3) is 0 Å². The monoisotopic (exact) mass is 268 g/mol. The molecule has 0 spiro atoms. The molecule has 0 heterocycles. The average Bonchev–Trinajstić information content (AvgIpc) is 2.41. The molecule has 1 rings (SSSR count). The molecule has 0 saturated heterocycles. The van der Waals surface area contributed by atoms with Crippen molar-refractivity contribution in [2.75, 3.05) is 19.6 Å². The van der Waals surface area contributed by atoms with E-state index in [1.165, 1.54) is 32.1 Å². The molecule has 0 aromatic rings. The number of amides is 1. The topological polar surface area (TPSA) is 41.1 Å². The molecule has 1 aliphatic carbocycles. The second-order valence-corrected chi connectivity index (χ2v) is 6.23. The molecule has 0 aliphatic heterocycles. The van der Waals surface area contributed by atoms with Gasteiger partial charge in [0.1, 0.15) is 0 Å². The molecule has 1 fully saturated rings. The van der Waals surface area contributed by atoms with Gasteiger partial charge in [-0.1, -0.05) is 52.9 Å². The molecule has 0 aromatic heterocycles. The molecule has 1 saturated carbocycles. The second-order valence-electron chi connectivity index (χ2n) is 6.23. The van der Waals surface area contributed by atoms with Crippen LogP contribution in [0.15, 0.2) is 0 Å². The van der Waals surface area contributed by atoms with Crippen molar-refractivity contribution in [3.05, 3.63) is 0 Å². The van der Waals surface area contributed by atoms with Crippen LogP contribution in [0.2, 0.25) is 0 Å². The van der Waals surface area contributed by atoms with E-state index >= 15 is 0 Å². The van der Waals surface area contributed by atoms with Crippen molar-refractivity contribution >= 4 is 5.91 Å². The molecule has 2 N–H and O–H groups in total. The molecule has 0 aromatic carbocycles. The zero-order valence-electron chi connectivity index (χ0n) is 13.0. The number of carbonyl (C=O) groups excluding carboxylic acids is 1. The predicted octanol–water partition coefficient (Wildman–Crippen LogP) is 2.95. The summed E-state index contributed by atoms with van der Waals surface area (Å²) in [5, 5.41) is 6.33. The van der Waals surface area contributed by atoms with Crippen molar-refractivity contribution in [2.24, 2.45) is 17.8 Å². The average molecular weight is 268 g/mol. The van der Waals surface area contributed by atoms with E-state index in [4.69, 9.17) is 0 Å². The minimum absolute atomic E-state index is 0.199. The number of hydrogen-bond donors (Lipinski definition) is 2. The Balaban J connectivity index is 2.35. The van der Waals surface area contributed by atoms with Crippen molar-refractivity contribution in [3.8, 4) is 0 Å². The summed E-state index contributed by atoms with van der Waals surface area (Å²) in [6.45, 7) is 9.03. The van der Waals surface area contributed by atoms with Crippen molar-refractivity contribution in [2.45, 2.75) is 59.3 Å². The molecule has 1 unspecified atom stereocenters. The first kappa shape index (κ1) is 16.5. The van der Waals surface area contributed by atoms with E-state index in [1.807, 2.05) is 0 Å². The Kier molecular flexibility index (Phi) is 8.11. The highest BCUT2D eigenvalue weighted by Crippen LogP contribution is 2.31. The normalized spacial score (nSPS) is 18.5. The van der Waals surface area contributed by atoms with E-state index in [-0.39, 0.29) is 11.8 Å². The predicted molar refractivity (Wildman–Crippen MR) is 81.1 cm³/mol. The summed E-state index contributed by atoms with van der Waals surface area (Å²) >= 11 is 0. The van der Waals surface area contributed by atoms with Gasteiger partial charge in [0, 0.05) is 19.0 Å². The second kappa shape index (κ2) is 9.35. The molecule has 3 heteroatoms. The molecule has 1 atom stereocenters. The van der Waals surface area contributed by atoms with Crippen molar-refractivity contribution in [1.82, 2.24) is 10.6 Å². The summed E-state index contributed by atoms with van der Waals surface area (Å²) in [7, 11) is 0. The minimum Gasteiger partial charge on any atom is -0.355 e. The van der Waals surface area contributed by atoms with Gasteiger partial charge in [0.05, 0.1) is 0 Å². The van der Waals surface area contributed by atoms with Crippen molar-refractivity contribution in [1.29, 1.82) is 0 Å². The van der Waals surface area contributed by atoms with E-state index in [2.05, 4.69) is 31.4 Å². The highest BCUT2D eigenvalue weighted by Gasteiger charge is 2.26. The smallest absolute Gasteiger partial charge is 0.223 e. The standard InChI is InChI=1S/C16H32N2O/c1-4-17-10-11-18-16(19)15(13(2)3)12-14-8-6-5-7-9-14/h13-15,17H,4-12H2,1-3H3,(H,18,19). The maximum Gasteiger partial charge on any atom is 0.223 e. The van der Waals surface area contributed by atoms with Gasteiger partial charge in [0.15, 0.2) is 0 Å². The fourth-order valence-corrected chi connectivity index (χ4v) is 3.05. The minimum atomic E-state index is 0.199. The first-order valence-electron chi connectivity index (χ1n) is 8.13. The Morgan fingerprint density at radius 3 is 2.42 bits per heavy atom. The van der Waals surface area contributed by atoms with Gasteiger partial charge in [-0.15, -0.1) is 0 Å². The Morgan fingerprint density at radius 2 is 1.84 bits per heavy atom. The summed E-state index contributed by atoms with van der Waals surface area (Å²) in [6, 6.07) is 0. The summed E-state index contributed by atoms with van der Waals surface area (Å²) in [5.41, 5.74) is 0. The zero-order valence-corrected chi connectivity index (χ0v) is 13.0. The van der Waals surface area contributed by atoms with Crippen LogP contribution < -0.4 is 10.6 Å². The van der Waals surface area contributed by atoms with E-state index in [0.717, 1.165) is 32.0 Å². The fraction of sp³-hybridized carbons (Fsp3) is 0.938. The van der Waals surface area contributed by atoms with Crippen LogP contribution in [0, 0.1) is 17.8 Å². The highest BCUT2D eigenvalue weighted by molar-refractivity contribution is 5.78. The van der Waals surface area contributed by atoms with Gasteiger partial charge in [0.2, 0.25) is 5.91 Å². The maximum absolute atomic E-state index is 12.3. The molecule has 0 bridgehead atoms. The largest absolute Gasteiger partial charge is 0.355 e. The third-order valence-electron chi connectivity index (χ3n) is 4.30. The molecular weight excluding hydrogens is 236 g/mol. The number of nitrogens with one attached hydrogen (secondary N) is 2. The molecule has 0 radical (unpaired) electrons. The van der Waals surface area contributed by atoms with Crippen LogP contribution in [-0.4, -0.2) is 25.5 Å². The molecule has 1 amide bonds. The summed E-state index contributed by atoms with van der Waals surface area (Å²) in [6.07, 6.45) is 7.85. The van der Waals surface area contributed by atoms with Crippen LogP contribution in [-0.2, 0) is 4.79 Å². The Bertz CT molecular complexity index is 247. The Morgan fingerprint density at radius 1 is 1.16 bits per heavy atom. The third kappa shape index (κ3) is 6.42. The summed E-state index contributed by atoms with van der Waals surface area (Å²) in [4.78, 5) is 12.3. The first-order chi connectivity index (χ1) is 9.15. The lowest BCUT2D eigenvalue weighted by Gasteiger charge is -2.28. The summed E-state index contributed by atoms with van der Waals surface area (Å²) < 4.78 is 0. The summed E-state index contributed by atoms with van der Waals surface area (Å²) in [5.74, 6) is 1.69. The Labute approximate surface area is 118 Å². The van der Waals surface area contributed by atoms with Gasteiger partial charge in [-0.3, -0.25) is 4.79 Å². The van der Waals surface area contributed by atoms with Gasteiger partial charge >= 0.3 is 0 Å². The lowest BCUT2D eigenvalue weighted by molar-refractivity contribution is -0.127. The first-order valence-corrected chi connectivity index (χ1v) is 8.13. The van der Waals surface area contributed by atoms with Crippen LogP contribution in [0.1, 0.15) is 59.3 Å². The number of rotatable bonds is 8. The van der Waals surface area contributed by atoms with Crippen LogP contribution in [0.5, 0.6) is 0 Å². The molecular formula is C16H32N2O. The zero-order chi connectivity index (χ0) is 14.1. The lowest BCUT2D eigenvalue weighted by Crippen LogP contribution is -2.38. The van der Waals surface area contributed by atoms with Gasteiger partial charge < -0.3 is 10.6 Å². The lowest BCUT2D eigenvalue weighted by atomic mass is 9.79. The fourth-order valence-electron chi connectivity index (χ4n) is 3.05. The number of hydrogen-bond acceptors (Lipinski definition) is 2. The van der Waals surface area contributed by atoms with Crippen LogP contribution in [0.3, 0.4) is 0 Å². The van der Waals surface area contributed by atoms with E-state index in [0.29, 0.717) is 5.92 Å². The maximum atomic E-state index is 12.3. The molecule has 1 aliphatic rings. The number of likely N-dealkylation sites (N-methyl/N-ethyl adjacent to an activating group) is 1. The molecule has 3 nitrogen and oxygen atoms in total. The third-order valence-corrected chi connectivity index (χ3v) is 4.30. The molecule has 112 valence electrons. The quantitative estimate of drug-likeness (QED) is 0.665. The van der Waals surface area contributed by atoms with E-state index in [1.54, 1.807) is 0 Å². The number of carbonyl (C=O) groups is 1. The van der Waals surface area contributed by atoms with Crippen molar-refractivity contribution in [3.63, 3.8) is 0 Å². The van der Waals surface area contributed by atoms with Gasteiger partial charge in [-0.25, -0.2) is 0 Å². The highest BCUT2D eigenvalue weighted by atomic mass is 16.1. The van der Waals surface area contributed by atoms with Gasteiger partial charge in [-0.2, -0.15) is 0 Å². The van der Waals surface area contributed by atoms with Crippen LogP contribution in [0.25, 0.3) is 0 Å². The van der Waals surface area contributed by atoms with Crippen LogP contribution >= 0.6 is 0 Å². The van der Waals surface area contributed by atoms with Crippen LogP contribution in [0.4, 0.5) is 0 Å². The SMILES string of the molecule is CCNCCNC(=O)C(CC1CCCCC1)C(C)C. The van der Waals surface area contributed by atoms with Gasteiger partial charge in [-0.05, 0) is 24.8 Å².